The van der Waals surface area contributed by atoms with Crippen LogP contribution in [0.15, 0.2) is 40.1 Å². The highest BCUT2D eigenvalue weighted by Gasteiger charge is 2.09. The molecule has 88 valence electrons. The molecule has 3 nitrogen and oxygen atoms in total. The average Bonchev–Trinajstić information content (AvgIpc) is 2.33. The highest BCUT2D eigenvalue weighted by Crippen LogP contribution is 2.25. The van der Waals surface area contributed by atoms with Crippen LogP contribution < -0.4 is 10.4 Å². The molecule has 17 heavy (non-hydrogen) atoms. The lowest BCUT2D eigenvalue weighted by Gasteiger charge is -2.06. The molecular weight excluding hydrogens is 240 g/mol. The molecule has 1 heterocycles. The van der Waals surface area contributed by atoms with Crippen LogP contribution in [0.4, 0.5) is 0 Å². The van der Waals surface area contributed by atoms with Gasteiger partial charge < -0.3 is 9.15 Å². The second-order valence-electron chi connectivity index (χ2n) is 3.59. The predicted octanol–water partition coefficient (Wildman–Crippen LogP) is 3.32. The second-order valence-corrected chi connectivity index (χ2v) is 3.96. The van der Waals surface area contributed by atoms with Crippen molar-refractivity contribution in [2.75, 3.05) is 6.61 Å². The summed E-state index contributed by atoms with van der Waals surface area (Å²) in [4.78, 5) is 11.4. The van der Waals surface area contributed by atoms with Crippen LogP contribution in [-0.2, 0) is 0 Å². The Morgan fingerprint density at radius 1 is 1.53 bits per heavy atom. The first-order valence-corrected chi connectivity index (χ1v) is 5.48. The molecule has 2 rings (SSSR count). The fourth-order valence-corrected chi connectivity index (χ4v) is 1.70. The molecule has 0 atom stereocenters. The van der Waals surface area contributed by atoms with Crippen molar-refractivity contribution in [3.63, 3.8) is 0 Å². The number of rotatable bonds is 3. The van der Waals surface area contributed by atoms with Crippen molar-refractivity contribution in [2.24, 2.45) is 0 Å². The molecule has 4 heteroatoms. The quantitative estimate of drug-likeness (QED) is 0.620. The summed E-state index contributed by atoms with van der Waals surface area (Å²) in [6, 6.07) is 5.29. The minimum atomic E-state index is -0.530. The van der Waals surface area contributed by atoms with Crippen LogP contribution in [0.1, 0.15) is 5.56 Å². The van der Waals surface area contributed by atoms with Crippen LogP contribution >= 0.6 is 11.6 Å². The third-order valence-electron chi connectivity index (χ3n) is 2.44. The molecule has 1 aromatic heterocycles. The molecule has 2 aromatic rings. The fraction of sp³-hybridized carbons (Fsp3) is 0.154. The van der Waals surface area contributed by atoms with Gasteiger partial charge in [0.25, 0.3) is 0 Å². The number of hydrogen-bond acceptors (Lipinski definition) is 3. The van der Waals surface area contributed by atoms with E-state index in [4.69, 9.17) is 20.8 Å². The van der Waals surface area contributed by atoms with Gasteiger partial charge in [-0.15, -0.1) is 0 Å². The van der Waals surface area contributed by atoms with Gasteiger partial charge in [-0.25, -0.2) is 4.79 Å². The van der Waals surface area contributed by atoms with Gasteiger partial charge in [0.05, 0.1) is 0 Å². The van der Waals surface area contributed by atoms with E-state index in [0.717, 1.165) is 5.39 Å². The topological polar surface area (TPSA) is 39.4 Å². The molecule has 0 fully saturated rings. The number of fused-ring (bicyclic) bond motifs is 1. The molecule has 0 bridgehead atoms. The van der Waals surface area contributed by atoms with E-state index in [1.54, 1.807) is 25.1 Å². The van der Waals surface area contributed by atoms with Crippen molar-refractivity contribution in [1.29, 1.82) is 0 Å². The first kappa shape index (κ1) is 11.7. The molecule has 0 aliphatic carbocycles. The largest absolute Gasteiger partial charge is 0.489 e. The summed E-state index contributed by atoms with van der Waals surface area (Å²) in [6.45, 7) is 5.75. The number of hydrogen-bond donors (Lipinski definition) is 0. The number of halogens is 1. The minimum absolute atomic E-state index is 0.122. The maximum Gasteiger partial charge on any atom is 0.355 e. The Hall–Kier alpha value is -1.74. The lowest BCUT2D eigenvalue weighted by molar-refractivity contribution is 0.363. The zero-order valence-corrected chi connectivity index (χ0v) is 10.1. The first-order valence-electron chi connectivity index (χ1n) is 5.10. The lowest BCUT2D eigenvalue weighted by Crippen LogP contribution is -2.02. The van der Waals surface area contributed by atoms with Crippen LogP contribution in [-0.4, -0.2) is 6.61 Å². The summed E-state index contributed by atoms with van der Waals surface area (Å²) in [5.74, 6) is 0.627. The zero-order valence-electron chi connectivity index (χ0n) is 9.33. The highest BCUT2D eigenvalue weighted by molar-refractivity contribution is 6.31. The molecule has 0 aliphatic heterocycles. The summed E-state index contributed by atoms with van der Waals surface area (Å²) < 4.78 is 10.5. The van der Waals surface area contributed by atoms with Crippen molar-refractivity contribution in [3.8, 4) is 5.75 Å². The molecule has 0 saturated carbocycles. The van der Waals surface area contributed by atoms with Gasteiger partial charge in [0.15, 0.2) is 0 Å². The number of ether oxygens (including phenoxy) is 1. The molecule has 0 unspecified atom stereocenters. The number of benzene rings is 1. The third kappa shape index (κ3) is 2.19. The normalized spacial score (nSPS) is 10.5. The summed E-state index contributed by atoms with van der Waals surface area (Å²) in [6.07, 6.45) is 1.65. The SMILES string of the molecule is C=CCOc1ccc2c(C)c(Cl)c(=O)oc2c1. The Morgan fingerprint density at radius 2 is 2.29 bits per heavy atom. The van der Waals surface area contributed by atoms with Crippen LogP contribution in [0, 0.1) is 6.92 Å². The minimum Gasteiger partial charge on any atom is -0.489 e. The Bertz CT molecular complexity index is 628. The van der Waals surface area contributed by atoms with Gasteiger partial charge in [0, 0.05) is 11.5 Å². The fourth-order valence-electron chi connectivity index (χ4n) is 1.56. The van der Waals surface area contributed by atoms with Crippen LogP contribution in [0.5, 0.6) is 5.75 Å². The van der Waals surface area contributed by atoms with Gasteiger partial charge in [0.2, 0.25) is 0 Å². The zero-order chi connectivity index (χ0) is 12.4. The van der Waals surface area contributed by atoms with E-state index in [2.05, 4.69) is 6.58 Å². The molecule has 0 N–H and O–H groups in total. The Kier molecular flexibility index (Phi) is 3.20. The molecular formula is C13H11ClO3. The van der Waals surface area contributed by atoms with E-state index >= 15 is 0 Å². The lowest BCUT2D eigenvalue weighted by atomic mass is 10.1. The molecule has 0 aliphatic rings. The van der Waals surface area contributed by atoms with Gasteiger partial charge in [0.1, 0.15) is 23.0 Å². The maximum absolute atomic E-state index is 11.4. The average molecular weight is 251 g/mol. The molecule has 0 radical (unpaired) electrons. The van der Waals surface area contributed by atoms with Gasteiger partial charge >= 0.3 is 5.63 Å². The van der Waals surface area contributed by atoms with E-state index in [1.165, 1.54) is 0 Å². The molecule has 1 aromatic carbocycles. The van der Waals surface area contributed by atoms with E-state index in [-0.39, 0.29) is 5.02 Å². The monoisotopic (exact) mass is 250 g/mol. The number of aryl methyl sites for hydroxylation is 1. The first-order chi connectivity index (χ1) is 8.13. The molecule has 0 amide bonds. The van der Waals surface area contributed by atoms with E-state index in [1.807, 2.05) is 6.07 Å². The van der Waals surface area contributed by atoms with Gasteiger partial charge in [-0.3, -0.25) is 0 Å². The maximum atomic E-state index is 11.4. The molecule has 0 spiro atoms. The van der Waals surface area contributed by atoms with Crippen LogP contribution in [0.25, 0.3) is 11.0 Å². The Morgan fingerprint density at radius 3 is 3.00 bits per heavy atom. The van der Waals surface area contributed by atoms with Gasteiger partial charge in [-0.2, -0.15) is 0 Å². The van der Waals surface area contributed by atoms with Crippen molar-refractivity contribution < 1.29 is 9.15 Å². The van der Waals surface area contributed by atoms with Crippen molar-refractivity contribution in [3.05, 3.63) is 51.9 Å². The van der Waals surface area contributed by atoms with Crippen molar-refractivity contribution in [1.82, 2.24) is 0 Å². The third-order valence-corrected chi connectivity index (χ3v) is 2.87. The van der Waals surface area contributed by atoms with Crippen molar-refractivity contribution in [2.45, 2.75) is 6.92 Å². The smallest absolute Gasteiger partial charge is 0.355 e. The van der Waals surface area contributed by atoms with Gasteiger partial charge in [-0.05, 0) is 24.6 Å². The highest BCUT2D eigenvalue weighted by atomic mass is 35.5. The summed E-state index contributed by atoms with van der Waals surface area (Å²) in [5, 5.41) is 0.929. The summed E-state index contributed by atoms with van der Waals surface area (Å²) >= 11 is 5.83. The Labute approximate surface area is 103 Å². The second kappa shape index (κ2) is 4.63. The van der Waals surface area contributed by atoms with E-state index < -0.39 is 5.63 Å². The van der Waals surface area contributed by atoms with E-state index in [0.29, 0.717) is 23.5 Å². The predicted molar refractivity (Wildman–Crippen MR) is 67.9 cm³/mol. The summed E-state index contributed by atoms with van der Waals surface area (Å²) in [7, 11) is 0. The van der Waals surface area contributed by atoms with Crippen molar-refractivity contribution >= 4 is 22.6 Å². The standard InChI is InChI=1S/C13H11ClO3/c1-3-6-16-9-4-5-10-8(2)12(14)13(15)17-11(10)7-9/h3-5,7H,1,6H2,2H3. The van der Waals surface area contributed by atoms with Crippen LogP contribution in [0.2, 0.25) is 5.02 Å². The van der Waals surface area contributed by atoms with Gasteiger partial charge in [-0.1, -0.05) is 24.3 Å². The summed E-state index contributed by atoms with van der Waals surface area (Å²) in [5.41, 5.74) is 0.657. The van der Waals surface area contributed by atoms with Crippen LogP contribution in [0.3, 0.4) is 0 Å². The Balaban J connectivity index is 2.58. The van der Waals surface area contributed by atoms with E-state index in [9.17, 15) is 4.79 Å². The molecule has 0 saturated heterocycles.